The first-order valence-electron chi connectivity index (χ1n) is 9.97. The molecule has 0 aliphatic heterocycles. The van der Waals surface area contributed by atoms with Gasteiger partial charge in [0.1, 0.15) is 17.3 Å². The summed E-state index contributed by atoms with van der Waals surface area (Å²) in [7, 11) is 3.13. The molecule has 7 nitrogen and oxygen atoms in total. The molecule has 0 spiro atoms. The lowest BCUT2D eigenvalue weighted by molar-refractivity contribution is 0.251. The van der Waals surface area contributed by atoms with Crippen LogP contribution in [0, 0.1) is 0 Å². The number of fused-ring (bicyclic) bond motifs is 1. The summed E-state index contributed by atoms with van der Waals surface area (Å²) in [5, 5.41) is 5.73. The van der Waals surface area contributed by atoms with Gasteiger partial charge in [0.05, 0.1) is 30.9 Å². The zero-order valence-corrected chi connectivity index (χ0v) is 17.5. The first kappa shape index (κ1) is 20.3. The SMILES string of the molecule is COc1ccc(OC)c(NC(=O)NCCn2c(-c3ccccc3)nc3ccccc32)c1. The molecule has 0 unspecified atom stereocenters. The fourth-order valence-corrected chi connectivity index (χ4v) is 3.47. The minimum atomic E-state index is -0.322. The number of urea groups is 1. The Morgan fingerprint density at radius 3 is 2.52 bits per heavy atom. The second-order valence-corrected chi connectivity index (χ2v) is 6.89. The maximum absolute atomic E-state index is 12.5. The van der Waals surface area contributed by atoms with Crippen molar-refractivity contribution in [3.05, 3.63) is 72.8 Å². The number of nitrogens with one attached hydrogen (secondary N) is 2. The Bertz CT molecular complexity index is 1190. The summed E-state index contributed by atoms with van der Waals surface area (Å²) in [5.41, 5.74) is 3.52. The van der Waals surface area contributed by atoms with E-state index in [2.05, 4.69) is 15.2 Å². The van der Waals surface area contributed by atoms with Gasteiger partial charge in [-0.25, -0.2) is 9.78 Å². The van der Waals surface area contributed by atoms with Crippen LogP contribution in [0.4, 0.5) is 10.5 Å². The van der Waals surface area contributed by atoms with Crippen molar-refractivity contribution >= 4 is 22.8 Å². The zero-order chi connectivity index (χ0) is 21.6. The highest BCUT2D eigenvalue weighted by Gasteiger charge is 2.13. The molecule has 0 aliphatic rings. The molecular formula is C24H24N4O3. The molecule has 7 heteroatoms. The van der Waals surface area contributed by atoms with Gasteiger partial charge in [0.2, 0.25) is 0 Å². The average molecular weight is 416 g/mol. The van der Waals surface area contributed by atoms with Gasteiger partial charge in [-0.3, -0.25) is 0 Å². The summed E-state index contributed by atoms with van der Waals surface area (Å²) in [5.74, 6) is 2.06. The van der Waals surface area contributed by atoms with Crippen LogP contribution in [0.3, 0.4) is 0 Å². The third-order valence-corrected chi connectivity index (χ3v) is 4.96. The minimum absolute atomic E-state index is 0.322. The first-order chi connectivity index (χ1) is 15.2. The van der Waals surface area contributed by atoms with E-state index in [9.17, 15) is 4.79 Å². The van der Waals surface area contributed by atoms with E-state index in [1.54, 1.807) is 32.4 Å². The molecule has 1 aromatic heterocycles. The third kappa shape index (κ3) is 4.45. The van der Waals surface area contributed by atoms with E-state index < -0.39 is 0 Å². The second kappa shape index (κ2) is 9.21. The van der Waals surface area contributed by atoms with Gasteiger partial charge in [-0.15, -0.1) is 0 Å². The standard InChI is InChI=1S/C24H24N4O3/c1-30-18-12-13-22(31-2)20(16-18)27-24(29)25-14-15-28-21-11-7-6-10-19(21)26-23(28)17-8-4-3-5-9-17/h3-13,16H,14-15H2,1-2H3,(H2,25,27,29). The van der Waals surface area contributed by atoms with Crippen LogP contribution in [0.15, 0.2) is 72.8 Å². The molecule has 1 heterocycles. The van der Waals surface area contributed by atoms with Crippen molar-refractivity contribution in [2.75, 3.05) is 26.1 Å². The van der Waals surface area contributed by atoms with E-state index in [0.717, 1.165) is 22.4 Å². The van der Waals surface area contributed by atoms with E-state index in [1.807, 2.05) is 54.6 Å². The number of rotatable bonds is 7. The summed E-state index contributed by atoms with van der Waals surface area (Å²) in [4.78, 5) is 17.3. The molecule has 4 aromatic rings. The maximum atomic E-state index is 12.5. The predicted octanol–water partition coefficient (Wildman–Crippen LogP) is 4.54. The molecule has 3 aromatic carbocycles. The number of amides is 2. The number of hydrogen-bond donors (Lipinski definition) is 2. The smallest absolute Gasteiger partial charge is 0.319 e. The largest absolute Gasteiger partial charge is 0.497 e. The topological polar surface area (TPSA) is 77.4 Å². The van der Waals surface area contributed by atoms with Crippen molar-refractivity contribution < 1.29 is 14.3 Å². The fourth-order valence-electron chi connectivity index (χ4n) is 3.47. The number of hydrogen-bond acceptors (Lipinski definition) is 4. The molecule has 0 saturated heterocycles. The Balaban J connectivity index is 1.48. The van der Waals surface area contributed by atoms with Crippen molar-refractivity contribution in [1.82, 2.24) is 14.9 Å². The number of para-hydroxylation sites is 2. The highest BCUT2D eigenvalue weighted by atomic mass is 16.5. The van der Waals surface area contributed by atoms with Crippen LogP contribution in [-0.2, 0) is 6.54 Å². The summed E-state index contributed by atoms with van der Waals surface area (Å²) in [6.45, 7) is 1.01. The number of aromatic nitrogens is 2. The Labute approximate surface area is 180 Å². The van der Waals surface area contributed by atoms with E-state index in [-0.39, 0.29) is 6.03 Å². The molecule has 0 aliphatic carbocycles. The first-order valence-corrected chi connectivity index (χ1v) is 9.97. The van der Waals surface area contributed by atoms with Gasteiger partial charge in [0, 0.05) is 24.7 Å². The number of carbonyl (C=O) groups excluding carboxylic acids is 1. The van der Waals surface area contributed by atoms with E-state index in [0.29, 0.717) is 30.3 Å². The van der Waals surface area contributed by atoms with Gasteiger partial charge >= 0.3 is 6.03 Å². The Hall–Kier alpha value is -4.00. The number of anilines is 1. The molecule has 0 atom stereocenters. The second-order valence-electron chi connectivity index (χ2n) is 6.89. The van der Waals surface area contributed by atoms with Crippen LogP contribution in [0.5, 0.6) is 11.5 Å². The third-order valence-electron chi connectivity index (χ3n) is 4.96. The highest BCUT2D eigenvalue weighted by Crippen LogP contribution is 2.29. The lowest BCUT2D eigenvalue weighted by Crippen LogP contribution is -2.31. The number of nitrogens with zero attached hydrogens (tertiary/aromatic N) is 2. The van der Waals surface area contributed by atoms with E-state index in [4.69, 9.17) is 14.5 Å². The summed E-state index contributed by atoms with van der Waals surface area (Å²) >= 11 is 0. The fraction of sp³-hybridized carbons (Fsp3) is 0.167. The van der Waals surface area contributed by atoms with Gasteiger partial charge in [0.25, 0.3) is 0 Å². The van der Waals surface area contributed by atoms with Gasteiger partial charge < -0.3 is 24.7 Å². The lowest BCUT2D eigenvalue weighted by atomic mass is 10.2. The number of carbonyl (C=O) groups is 1. The van der Waals surface area contributed by atoms with E-state index in [1.165, 1.54) is 0 Å². The highest BCUT2D eigenvalue weighted by molar-refractivity contribution is 5.91. The maximum Gasteiger partial charge on any atom is 0.319 e. The van der Waals surface area contributed by atoms with Crippen LogP contribution >= 0.6 is 0 Å². The lowest BCUT2D eigenvalue weighted by Gasteiger charge is -2.13. The van der Waals surface area contributed by atoms with Gasteiger partial charge in [-0.2, -0.15) is 0 Å². The quantitative estimate of drug-likeness (QED) is 0.464. The van der Waals surface area contributed by atoms with Crippen LogP contribution < -0.4 is 20.1 Å². The number of methoxy groups -OCH3 is 2. The van der Waals surface area contributed by atoms with Gasteiger partial charge in [-0.05, 0) is 24.3 Å². The minimum Gasteiger partial charge on any atom is -0.497 e. The van der Waals surface area contributed by atoms with Crippen LogP contribution in [0.1, 0.15) is 0 Å². The van der Waals surface area contributed by atoms with Gasteiger partial charge in [0.15, 0.2) is 0 Å². The molecular weight excluding hydrogens is 392 g/mol. The molecule has 2 N–H and O–H groups in total. The normalized spacial score (nSPS) is 10.6. The molecule has 0 saturated carbocycles. The summed E-state index contributed by atoms with van der Waals surface area (Å²) in [6, 6.07) is 22.9. The van der Waals surface area contributed by atoms with E-state index >= 15 is 0 Å². The monoisotopic (exact) mass is 416 g/mol. The predicted molar refractivity (Wildman–Crippen MR) is 122 cm³/mol. The molecule has 0 fully saturated rings. The molecule has 31 heavy (non-hydrogen) atoms. The van der Waals surface area contributed by atoms with Crippen LogP contribution in [0.25, 0.3) is 22.4 Å². The molecule has 4 rings (SSSR count). The molecule has 158 valence electrons. The zero-order valence-electron chi connectivity index (χ0n) is 17.5. The Kier molecular flexibility index (Phi) is 6.03. The number of benzene rings is 3. The number of imidazole rings is 1. The van der Waals surface area contributed by atoms with Gasteiger partial charge in [-0.1, -0.05) is 42.5 Å². The summed E-state index contributed by atoms with van der Waals surface area (Å²) in [6.07, 6.45) is 0. The summed E-state index contributed by atoms with van der Waals surface area (Å²) < 4.78 is 12.7. The van der Waals surface area contributed by atoms with Crippen molar-refractivity contribution in [1.29, 1.82) is 0 Å². The Morgan fingerprint density at radius 2 is 1.74 bits per heavy atom. The van der Waals surface area contributed by atoms with Crippen molar-refractivity contribution in [2.45, 2.75) is 6.54 Å². The average Bonchev–Trinajstić information content (AvgIpc) is 3.18. The van der Waals surface area contributed by atoms with Crippen LogP contribution in [-0.4, -0.2) is 36.3 Å². The van der Waals surface area contributed by atoms with Crippen molar-refractivity contribution in [3.63, 3.8) is 0 Å². The van der Waals surface area contributed by atoms with Crippen molar-refractivity contribution in [2.24, 2.45) is 0 Å². The molecule has 0 radical (unpaired) electrons. The number of ether oxygens (including phenoxy) is 2. The Morgan fingerprint density at radius 1 is 0.968 bits per heavy atom. The molecule has 0 bridgehead atoms. The molecule has 2 amide bonds. The van der Waals surface area contributed by atoms with Crippen molar-refractivity contribution in [3.8, 4) is 22.9 Å². The van der Waals surface area contributed by atoms with Crippen LogP contribution in [0.2, 0.25) is 0 Å².